The highest BCUT2D eigenvalue weighted by Gasteiger charge is 2.19. The first-order chi connectivity index (χ1) is 10.3. The zero-order valence-electron chi connectivity index (χ0n) is 11.9. The number of fused-ring (bicyclic) bond motifs is 1. The van der Waals surface area contributed by atoms with E-state index in [4.69, 9.17) is 0 Å². The number of nitrogens with zero attached hydrogens (tertiary/aromatic N) is 2. The van der Waals surface area contributed by atoms with Crippen LogP contribution < -0.4 is 5.32 Å². The number of aromatic nitrogens is 2. The topological polar surface area (TPSA) is 54.9 Å². The van der Waals surface area contributed by atoms with E-state index in [1.807, 2.05) is 24.3 Å². The summed E-state index contributed by atoms with van der Waals surface area (Å²) in [6.07, 6.45) is 4.53. The van der Waals surface area contributed by atoms with Crippen LogP contribution in [0.3, 0.4) is 0 Å². The average molecular weight is 299 g/mol. The summed E-state index contributed by atoms with van der Waals surface area (Å²) in [5, 5.41) is 2.95. The largest absolute Gasteiger partial charge is 0.306 e. The van der Waals surface area contributed by atoms with E-state index < -0.39 is 0 Å². The van der Waals surface area contributed by atoms with Gasteiger partial charge in [0.25, 0.3) is 5.91 Å². The van der Waals surface area contributed by atoms with Gasteiger partial charge >= 0.3 is 0 Å². The molecule has 1 heterocycles. The van der Waals surface area contributed by atoms with Crippen LogP contribution in [-0.2, 0) is 12.8 Å². The van der Waals surface area contributed by atoms with Crippen LogP contribution in [0, 0.1) is 0 Å². The summed E-state index contributed by atoms with van der Waals surface area (Å²) in [4.78, 5) is 22.0. The van der Waals surface area contributed by atoms with Crippen molar-refractivity contribution in [2.75, 3.05) is 11.1 Å². The number of benzene rings is 1. The summed E-state index contributed by atoms with van der Waals surface area (Å²) >= 11 is 1.67. The van der Waals surface area contributed by atoms with Gasteiger partial charge in [-0.15, -0.1) is 11.8 Å². The average Bonchev–Trinajstić information content (AvgIpc) is 2.98. The van der Waals surface area contributed by atoms with Crippen molar-refractivity contribution in [1.29, 1.82) is 0 Å². The Bertz CT molecular complexity index is 672. The number of amides is 1. The Morgan fingerprint density at radius 1 is 1.29 bits per heavy atom. The monoisotopic (exact) mass is 299 g/mol. The number of thioether (sulfide) groups is 1. The van der Waals surface area contributed by atoms with E-state index in [1.54, 1.807) is 11.8 Å². The number of rotatable bonds is 4. The smallest absolute Gasteiger partial charge is 0.257 e. The molecule has 0 bridgehead atoms. The molecule has 4 nitrogen and oxygen atoms in total. The molecule has 3 rings (SSSR count). The highest BCUT2D eigenvalue weighted by molar-refractivity contribution is 7.99. The van der Waals surface area contributed by atoms with Crippen LogP contribution >= 0.6 is 11.8 Å². The second-order valence-corrected chi connectivity index (χ2v) is 6.19. The second kappa shape index (κ2) is 6.26. The van der Waals surface area contributed by atoms with E-state index >= 15 is 0 Å². The number of hydrogen-bond donors (Lipinski definition) is 1. The first kappa shape index (κ1) is 14.1. The zero-order chi connectivity index (χ0) is 14.7. The Balaban J connectivity index is 1.86. The number of aryl methyl sites for hydroxylation is 1. The van der Waals surface area contributed by atoms with E-state index in [2.05, 4.69) is 22.2 Å². The fraction of sp³-hybridized carbons (Fsp3) is 0.312. The molecular formula is C16H17N3OS. The molecule has 0 fully saturated rings. The lowest BCUT2D eigenvalue weighted by atomic mass is 10.2. The lowest BCUT2D eigenvalue weighted by Gasteiger charge is -2.11. The minimum absolute atomic E-state index is 0.0978. The number of anilines is 1. The van der Waals surface area contributed by atoms with Crippen LogP contribution in [0.2, 0.25) is 0 Å². The third-order valence-electron chi connectivity index (χ3n) is 3.54. The maximum absolute atomic E-state index is 12.5. The first-order valence-electron chi connectivity index (χ1n) is 7.15. The normalized spacial score (nSPS) is 13.0. The van der Waals surface area contributed by atoms with Crippen molar-refractivity contribution in [2.45, 2.75) is 31.1 Å². The van der Waals surface area contributed by atoms with Gasteiger partial charge in [-0.05, 0) is 37.1 Å². The molecule has 108 valence electrons. The van der Waals surface area contributed by atoms with Crippen LogP contribution in [0.25, 0.3) is 0 Å². The second-order valence-electron chi connectivity index (χ2n) is 4.88. The first-order valence-corrected chi connectivity index (χ1v) is 8.14. The van der Waals surface area contributed by atoms with Gasteiger partial charge in [-0.2, -0.15) is 0 Å². The van der Waals surface area contributed by atoms with Crippen LogP contribution in [-0.4, -0.2) is 21.6 Å². The van der Waals surface area contributed by atoms with Crippen LogP contribution in [0.15, 0.2) is 35.5 Å². The Hall–Kier alpha value is -1.88. The minimum atomic E-state index is -0.0978. The van der Waals surface area contributed by atoms with Gasteiger partial charge in [-0.25, -0.2) is 9.97 Å². The Kier molecular flexibility index (Phi) is 4.20. The van der Waals surface area contributed by atoms with Crippen LogP contribution in [0.1, 0.15) is 35.0 Å². The number of carbonyl (C=O) groups is 1. The molecule has 1 aliphatic carbocycles. The Morgan fingerprint density at radius 2 is 2.14 bits per heavy atom. The van der Waals surface area contributed by atoms with Crippen molar-refractivity contribution in [3.05, 3.63) is 47.4 Å². The summed E-state index contributed by atoms with van der Waals surface area (Å²) in [7, 11) is 0. The van der Waals surface area contributed by atoms with Crippen LogP contribution in [0.5, 0.6) is 0 Å². The molecule has 5 heteroatoms. The standard InChI is InChI=1S/C16H17N3OS/c1-2-21-14-9-4-3-6-12(14)16(20)19-15-11-7-5-8-13(11)17-10-18-15/h3-4,6,9-10H,2,5,7-8H2,1H3,(H,17,18,19,20). The summed E-state index contributed by atoms with van der Waals surface area (Å²) in [6.45, 7) is 2.08. The van der Waals surface area contributed by atoms with E-state index in [-0.39, 0.29) is 5.91 Å². The molecule has 1 aromatic heterocycles. The van der Waals surface area contributed by atoms with Gasteiger partial charge in [-0.3, -0.25) is 4.79 Å². The van der Waals surface area contributed by atoms with E-state index in [1.165, 1.54) is 6.33 Å². The summed E-state index contributed by atoms with van der Waals surface area (Å²) in [5.74, 6) is 1.51. The van der Waals surface area contributed by atoms with Crippen molar-refractivity contribution in [2.24, 2.45) is 0 Å². The van der Waals surface area contributed by atoms with Crippen LogP contribution in [0.4, 0.5) is 5.82 Å². The SMILES string of the molecule is CCSc1ccccc1C(=O)Nc1ncnc2c1CCC2. The van der Waals surface area contributed by atoms with Gasteiger partial charge in [0, 0.05) is 16.2 Å². The molecule has 0 spiro atoms. The van der Waals surface area contributed by atoms with Crippen molar-refractivity contribution in [3.63, 3.8) is 0 Å². The fourth-order valence-electron chi connectivity index (χ4n) is 2.58. The van der Waals surface area contributed by atoms with Gasteiger partial charge < -0.3 is 5.32 Å². The fourth-order valence-corrected chi connectivity index (χ4v) is 3.38. The quantitative estimate of drug-likeness (QED) is 0.880. The van der Waals surface area contributed by atoms with Crippen molar-refractivity contribution >= 4 is 23.5 Å². The molecule has 0 saturated heterocycles. The molecule has 21 heavy (non-hydrogen) atoms. The maximum atomic E-state index is 12.5. The van der Waals surface area contributed by atoms with E-state index in [9.17, 15) is 4.79 Å². The molecule has 0 aliphatic heterocycles. The van der Waals surface area contributed by atoms with E-state index in [0.717, 1.165) is 41.2 Å². The molecule has 1 N–H and O–H groups in total. The summed E-state index contributed by atoms with van der Waals surface area (Å²) in [5.41, 5.74) is 2.86. The highest BCUT2D eigenvalue weighted by Crippen LogP contribution is 2.27. The number of hydrogen-bond acceptors (Lipinski definition) is 4. The van der Waals surface area contributed by atoms with Gasteiger partial charge in [0.05, 0.1) is 5.56 Å². The summed E-state index contributed by atoms with van der Waals surface area (Å²) in [6, 6.07) is 7.68. The molecule has 0 atom stereocenters. The molecular weight excluding hydrogens is 282 g/mol. The molecule has 1 amide bonds. The van der Waals surface area contributed by atoms with Crippen molar-refractivity contribution < 1.29 is 4.79 Å². The highest BCUT2D eigenvalue weighted by atomic mass is 32.2. The molecule has 1 aromatic carbocycles. The molecule has 0 radical (unpaired) electrons. The third kappa shape index (κ3) is 2.93. The van der Waals surface area contributed by atoms with Crippen molar-refractivity contribution in [1.82, 2.24) is 9.97 Å². The minimum Gasteiger partial charge on any atom is -0.306 e. The Morgan fingerprint density at radius 3 is 3.00 bits per heavy atom. The van der Waals surface area contributed by atoms with Gasteiger partial charge in [-0.1, -0.05) is 19.1 Å². The van der Waals surface area contributed by atoms with Gasteiger partial charge in [0.2, 0.25) is 0 Å². The lowest BCUT2D eigenvalue weighted by Crippen LogP contribution is -2.15. The lowest BCUT2D eigenvalue weighted by molar-refractivity contribution is 0.102. The number of nitrogens with one attached hydrogen (secondary N) is 1. The number of carbonyl (C=O) groups excluding carboxylic acids is 1. The third-order valence-corrected chi connectivity index (χ3v) is 4.49. The predicted molar refractivity (Wildman–Crippen MR) is 84.9 cm³/mol. The van der Waals surface area contributed by atoms with Gasteiger partial charge in [0.1, 0.15) is 12.1 Å². The maximum Gasteiger partial charge on any atom is 0.257 e. The summed E-state index contributed by atoms with van der Waals surface area (Å²) < 4.78 is 0. The molecule has 0 saturated carbocycles. The van der Waals surface area contributed by atoms with E-state index in [0.29, 0.717) is 11.4 Å². The van der Waals surface area contributed by atoms with Gasteiger partial charge in [0.15, 0.2) is 0 Å². The predicted octanol–water partition coefficient (Wildman–Crippen LogP) is 3.33. The zero-order valence-corrected chi connectivity index (χ0v) is 12.7. The molecule has 2 aromatic rings. The molecule has 0 unspecified atom stereocenters. The van der Waals surface area contributed by atoms with Crippen molar-refractivity contribution in [3.8, 4) is 0 Å². The molecule has 1 aliphatic rings. The Labute approximate surface area is 128 Å².